The van der Waals surface area contributed by atoms with Gasteiger partial charge < -0.3 is 9.30 Å². The van der Waals surface area contributed by atoms with Crippen LogP contribution in [0.4, 0.5) is 0 Å². The summed E-state index contributed by atoms with van der Waals surface area (Å²) in [7, 11) is 0. The number of hydrogen-bond acceptors (Lipinski definition) is 4. The molecule has 0 aliphatic rings. The molecule has 0 atom stereocenters. The van der Waals surface area contributed by atoms with Gasteiger partial charge in [-0.3, -0.25) is 4.79 Å². The van der Waals surface area contributed by atoms with Crippen LogP contribution in [0.5, 0.6) is 0 Å². The Labute approximate surface area is 171 Å². The molecule has 142 valence electrons. The van der Waals surface area contributed by atoms with Crippen LogP contribution in [0.15, 0.2) is 58.4 Å². The lowest BCUT2D eigenvalue weighted by atomic mass is 10.3. The third-order valence-electron chi connectivity index (χ3n) is 3.86. The number of amides is 1. The zero-order chi connectivity index (χ0) is 19.1. The first-order valence-corrected chi connectivity index (χ1v) is 11.0. The topological polar surface area (TPSA) is 43.6 Å². The van der Waals surface area contributed by atoms with Crippen LogP contribution in [0.3, 0.4) is 0 Å². The molecule has 0 bridgehead atoms. The molecule has 0 aliphatic heterocycles. The van der Waals surface area contributed by atoms with Crippen LogP contribution >= 0.6 is 34.7 Å². The monoisotopic (exact) mass is 420 g/mol. The largest absolute Gasteiger partial charge is 0.380 e. The summed E-state index contributed by atoms with van der Waals surface area (Å²) in [5.41, 5.74) is 1.02. The Balaban J connectivity index is 1.76. The molecule has 3 rings (SSSR count). The lowest BCUT2D eigenvalue weighted by Crippen LogP contribution is -2.19. The number of fused-ring (bicyclic) bond motifs is 1. The summed E-state index contributed by atoms with van der Waals surface area (Å²) in [4.78, 5) is 18.6. The molecule has 3 aromatic rings. The minimum atomic E-state index is -0.110. The molecule has 0 aliphatic carbocycles. The predicted molar refractivity (Wildman–Crippen MR) is 114 cm³/mol. The minimum Gasteiger partial charge on any atom is -0.380 e. The van der Waals surface area contributed by atoms with Crippen LogP contribution < -0.4 is 4.80 Å². The summed E-state index contributed by atoms with van der Waals surface area (Å²) in [6.45, 7) is 3.86. The van der Waals surface area contributed by atoms with Gasteiger partial charge in [-0.2, -0.15) is 4.99 Å². The van der Waals surface area contributed by atoms with Crippen LogP contribution in [-0.2, 0) is 16.1 Å². The van der Waals surface area contributed by atoms with Crippen molar-refractivity contribution in [2.24, 2.45) is 4.99 Å². The quantitative estimate of drug-likeness (QED) is 0.380. The number of aromatic nitrogens is 1. The average Bonchev–Trinajstić information content (AvgIpc) is 2.99. The highest BCUT2D eigenvalue weighted by Crippen LogP contribution is 2.22. The van der Waals surface area contributed by atoms with Crippen molar-refractivity contribution < 1.29 is 9.53 Å². The summed E-state index contributed by atoms with van der Waals surface area (Å²) in [5.74, 6) is 0.600. The highest BCUT2D eigenvalue weighted by Gasteiger charge is 2.09. The Kier molecular flexibility index (Phi) is 7.52. The predicted octanol–water partition coefficient (Wildman–Crippen LogP) is 5.00. The van der Waals surface area contributed by atoms with Crippen molar-refractivity contribution in [1.82, 2.24) is 4.57 Å². The summed E-state index contributed by atoms with van der Waals surface area (Å²) >= 11 is 9.26. The number of carbonyl (C=O) groups is 1. The van der Waals surface area contributed by atoms with Gasteiger partial charge in [0.1, 0.15) is 0 Å². The summed E-state index contributed by atoms with van der Waals surface area (Å²) in [5, 5.41) is 0.679. The normalized spacial score (nSPS) is 12.0. The van der Waals surface area contributed by atoms with E-state index in [2.05, 4.69) is 4.99 Å². The van der Waals surface area contributed by atoms with Crippen molar-refractivity contribution >= 4 is 50.8 Å². The van der Waals surface area contributed by atoms with Crippen LogP contribution in [0.2, 0.25) is 5.02 Å². The maximum absolute atomic E-state index is 12.4. The van der Waals surface area contributed by atoms with E-state index in [4.69, 9.17) is 16.3 Å². The fraction of sp³-hybridized carbons (Fsp3) is 0.300. The van der Waals surface area contributed by atoms with Gasteiger partial charge in [0.05, 0.1) is 16.8 Å². The molecule has 1 aromatic heterocycles. The molecule has 0 N–H and O–H groups in total. The summed E-state index contributed by atoms with van der Waals surface area (Å²) in [6, 6.07) is 15.8. The van der Waals surface area contributed by atoms with Crippen molar-refractivity contribution in [2.45, 2.75) is 24.8 Å². The molecule has 1 amide bonds. The fourth-order valence-corrected chi connectivity index (χ4v) is 4.80. The van der Waals surface area contributed by atoms with E-state index in [1.165, 1.54) is 11.3 Å². The van der Waals surface area contributed by atoms with E-state index < -0.39 is 0 Å². The van der Waals surface area contributed by atoms with Gasteiger partial charge in [0.15, 0.2) is 4.80 Å². The van der Waals surface area contributed by atoms with E-state index >= 15 is 0 Å². The lowest BCUT2D eigenvalue weighted by Gasteiger charge is -2.05. The molecule has 0 unspecified atom stereocenters. The number of thiazole rings is 1. The van der Waals surface area contributed by atoms with Crippen LogP contribution in [0.25, 0.3) is 10.2 Å². The maximum Gasteiger partial charge on any atom is 0.249 e. The second-order valence-corrected chi connectivity index (χ2v) is 8.38. The second kappa shape index (κ2) is 10.1. The summed E-state index contributed by atoms with van der Waals surface area (Å²) < 4.78 is 8.53. The Morgan fingerprint density at radius 3 is 2.85 bits per heavy atom. The molecule has 4 nitrogen and oxygen atoms in total. The van der Waals surface area contributed by atoms with Gasteiger partial charge in [0.2, 0.25) is 5.91 Å². The zero-order valence-electron chi connectivity index (χ0n) is 15.1. The Bertz CT molecular complexity index is 967. The van der Waals surface area contributed by atoms with Gasteiger partial charge in [-0.1, -0.05) is 41.1 Å². The lowest BCUT2D eigenvalue weighted by molar-refractivity contribution is -0.117. The van der Waals surface area contributed by atoms with E-state index in [1.54, 1.807) is 11.8 Å². The van der Waals surface area contributed by atoms with Crippen molar-refractivity contribution in [3.05, 3.63) is 58.4 Å². The van der Waals surface area contributed by atoms with Crippen molar-refractivity contribution in [3.63, 3.8) is 0 Å². The van der Waals surface area contributed by atoms with Gasteiger partial charge in [0, 0.05) is 35.2 Å². The fourth-order valence-electron chi connectivity index (χ4n) is 2.58. The van der Waals surface area contributed by atoms with Crippen molar-refractivity contribution in [2.75, 3.05) is 19.0 Å². The molecule has 0 radical (unpaired) electrons. The van der Waals surface area contributed by atoms with Gasteiger partial charge in [0.25, 0.3) is 0 Å². The number of hydrogen-bond donors (Lipinski definition) is 0. The number of ether oxygens (including phenoxy) is 1. The zero-order valence-corrected chi connectivity index (χ0v) is 17.4. The third-order valence-corrected chi connectivity index (χ3v) is 6.15. The maximum atomic E-state index is 12.4. The molecular weight excluding hydrogens is 400 g/mol. The minimum absolute atomic E-state index is 0.110. The number of nitrogens with zero attached hydrogens (tertiary/aromatic N) is 2. The highest BCUT2D eigenvalue weighted by molar-refractivity contribution is 7.99. The molecule has 0 saturated heterocycles. The molecule has 2 aromatic carbocycles. The number of halogens is 1. The number of benzene rings is 2. The number of carbonyl (C=O) groups excluding carboxylic acids is 1. The van der Waals surface area contributed by atoms with Crippen LogP contribution in [-0.4, -0.2) is 29.4 Å². The van der Waals surface area contributed by atoms with Gasteiger partial charge >= 0.3 is 0 Å². The van der Waals surface area contributed by atoms with Gasteiger partial charge in [-0.25, -0.2) is 0 Å². The van der Waals surface area contributed by atoms with E-state index in [9.17, 15) is 4.79 Å². The van der Waals surface area contributed by atoms with Gasteiger partial charge in [-0.15, -0.1) is 11.8 Å². The number of thioether (sulfide) groups is 1. The second-order valence-electron chi connectivity index (χ2n) is 5.76. The molecule has 7 heteroatoms. The average molecular weight is 421 g/mol. The van der Waals surface area contributed by atoms with E-state index in [-0.39, 0.29) is 5.91 Å². The Morgan fingerprint density at radius 2 is 2.07 bits per heavy atom. The molecular formula is C20H21ClN2O2S2. The third kappa shape index (κ3) is 5.69. The number of rotatable bonds is 8. The van der Waals surface area contributed by atoms with Crippen LogP contribution in [0.1, 0.15) is 13.3 Å². The molecule has 0 fully saturated rings. The standard InChI is InChI=1S/C20H21ClN2O2S2/c1-2-25-12-11-23-17-9-8-15(21)14-18(17)27-20(23)22-19(24)10-13-26-16-6-4-3-5-7-16/h3-9,14H,2,10-13H2,1H3. The first-order chi connectivity index (χ1) is 13.2. The van der Waals surface area contributed by atoms with E-state index in [0.29, 0.717) is 41.8 Å². The molecule has 27 heavy (non-hydrogen) atoms. The molecule has 1 heterocycles. The van der Waals surface area contributed by atoms with E-state index in [1.807, 2.05) is 60.0 Å². The van der Waals surface area contributed by atoms with Crippen LogP contribution in [0, 0.1) is 0 Å². The molecule has 0 spiro atoms. The van der Waals surface area contributed by atoms with Crippen molar-refractivity contribution in [1.29, 1.82) is 0 Å². The summed E-state index contributed by atoms with van der Waals surface area (Å²) in [6.07, 6.45) is 0.403. The first-order valence-electron chi connectivity index (χ1n) is 8.79. The van der Waals surface area contributed by atoms with Crippen molar-refractivity contribution in [3.8, 4) is 0 Å². The highest BCUT2D eigenvalue weighted by atomic mass is 35.5. The Hall–Kier alpha value is -1.60. The SMILES string of the molecule is CCOCCn1c(=NC(=O)CCSc2ccccc2)sc2cc(Cl)ccc21. The molecule has 0 saturated carbocycles. The smallest absolute Gasteiger partial charge is 0.249 e. The first kappa shape index (κ1) is 20.1. The van der Waals surface area contributed by atoms with Gasteiger partial charge in [-0.05, 0) is 37.3 Å². The van der Waals surface area contributed by atoms with E-state index in [0.717, 1.165) is 15.1 Å². The Morgan fingerprint density at radius 1 is 1.26 bits per heavy atom.